The number of anilines is 1. The van der Waals surface area contributed by atoms with Crippen molar-refractivity contribution < 1.29 is 14.3 Å². The number of hydrogen-bond donors (Lipinski definition) is 1. The van der Waals surface area contributed by atoms with Gasteiger partial charge in [-0.15, -0.1) is 0 Å². The predicted molar refractivity (Wildman–Crippen MR) is 98.6 cm³/mol. The summed E-state index contributed by atoms with van der Waals surface area (Å²) in [5.41, 5.74) is 1.80. The van der Waals surface area contributed by atoms with Crippen molar-refractivity contribution in [1.82, 2.24) is 14.9 Å². The first kappa shape index (κ1) is 18.0. The summed E-state index contributed by atoms with van der Waals surface area (Å²) in [6, 6.07) is 7.62. The van der Waals surface area contributed by atoms with E-state index in [-0.39, 0.29) is 12.1 Å². The number of aromatic nitrogens is 2. The van der Waals surface area contributed by atoms with Crippen LogP contribution in [0.15, 0.2) is 36.7 Å². The SMILES string of the molecule is CCc1cnc(OC2CCN(C(=O)Nc3cccc(OC)c3)CC2)nc1. The van der Waals surface area contributed by atoms with E-state index in [1.54, 1.807) is 30.5 Å². The molecule has 2 aromatic rings. The number of amides is 2. The maximum absolute atomic E-state index is 12.4. The van der Waals surface area contributed by atoms with Crippen molar-refractivity contribution in [2.45, 2.75) is 32.3 Å². The Hall–Kier alpha value is -2.83. The third-order valence-corrected chi connectivity index (χ3v) is 4.41. The van der Waals surface area contributed by atoms with E-state index in [4.69, 9.17) is 9.47 Å². The predicted octanol–water partition coefficient (Wildman–Crippen LogP) is 3.12. The molecule has 26 heavy (non-hydrogen) atoms. The monoisotopic (exact) mass is 356 g/mol. The van der Waals surface area contributed by atoms with Crippen LogP contribution in [0.1, 0.15) is 25.3 Å². The smallest absolute Gasteiger partial charge is 0.321 e. The molecule has 0 saturated carbocycles. The number of piperidine rings is 1. The number of likely N-dealkylation sites (tertiary alicyclic amines) is 1. The minimum atomic E-state index is -0.111. The number of hydrogen-bond acceptors (Lipinski definition) is 5. The molecular formula is C19H24N4O3. The number of carbonyl (C=O) groups excluding carboxylic acids is 1. The van der Waals surface area contributed by atoms with Gasteiger partial charge in [-0.1, -0.05) is 13.0 Å². The molecule has 1 aliphatic heterocycles. The highest BCUT2D eigenvalue weighted by atomic mass is 16.5. The molecule has 3 rings (SSSR count). The molecule has 0 spiro atoms. The molecule has 1 fully saturated rings. The van der Waals surface area contributed by atoms with Gasteiger partial charge in [-0.2, -0.15) is 0 Å². The number of rotatable bonds is 5. The van der Waals surface area contributed by atoms with Gasteiger partial charge in [-0.05, 0) is 24.1 Å². The van der Waals surface area contributed by atoms with E-state index in [1.807, 2.05) is 18.2 Å². The van der Waals surface area contributed by atoms with Crippen molar-refractivity contribution in [3.05, 3.63) is 42.2 Å². The highest BCUT2D eigenvalue weighted by molar-refractivity contribution is 5.89. The lowest BCUT2D eigenvalue weighted by Gasteiger charge is -2.31. The first-order valence-corrected chi connectivity index (χ1v) is 8.85. The van der Waals surface area contributed by atoms with Crippen molar-refractivity contribution in [2.24, 2.45) is 0 Å². The highest BCUT2D eigenvalue weighted by Crippen LogP contribution is 2.19. The van der Waals surface area contributed by atoms with Crippen LogP contribution in [0, 0.1) is 0 Å². The number of benzene rings is 1. The Morgan fingerprint density at radius 1 is 1.27 bits per heavy atom. The van der Waals surface area contributed by atoms with Crippen LogP contribution in [0.25, 0.3) is 0 Å². The lowest BCUT2D eigenvalue weighted by Crippen LogP contribution is -2.43. The molecule has 0 bridgehead atoms. The van der Waals surface area contributed by atoms with Gasteiger partial charge in [0.25, 0.3) is 0 Å². The highest BCUT2D eigenvalue weighted by Gasteiger charge is 2.24. The number of ether oxygens (including phenoxy) is 2. The molecule has 138 valence electrons. The average Bonchev–Trinajstić information content (AvgIpc) is 2.69. The summed E-state index contributed by atoms with van der Waals surface area (Å²) in [6.45, 7) is 3.33. The summed E-state index contributed by atoms with van der Waals surface area (Å²) < 4.78 is 11.0. The Morgan fingerprint density at radius 3 is 2.65 bits per heavy atom. The average molecular weight is 356 g/mol. The van der Waals surface area contributed by atoms with Gasteiger partial charge in [0, 0.05) is 50.1 Å². The molecule has 0 radical (unpaired) electrons. The van der Waals surface area contributed by atoms with Gasteiger partial charge in [0.1, 0.15) is 11.9 Å². The minimum absolute atomic E-state index is 0.0309. The van der Waals surface area contributed by atoms with Crippen LogP contribution in [0.5, 0.6) is 11.8 Å². The number of carbonyl (C=O) groups is 1. The molecule has 0 atom stereocenters. The van der Waals surface area contributed by atoms with E-state index in [0.29, 0.717) is 24.8 Å². The van der Waals surface area contributed by atoms with E-state index in [2.05, 4.69) is 22.2 Å². The van der Waals surface area contributed by atoms with E-state index >= 15 is 0 Å². The largest absolute Gasteiger partial charge is 0.497 e. The summed E-state index contributed by atoms with van der Waals surface area (Å²) >= 11 is 0. The van der Waals surface area contributed by atoms with E-state index in [0.717, 1.165) is 30.5 Å². The third-order valence-electron chi connectivity index (χ3n) is 4.41. The first-order chi connectivity index (χ1) is 12.7. The Bertz CT molecular complexity index is 728. The van der Waals surface area contributed by atoms with Crippen molar-refractivity contribution in [2.75, 3.05) is 25.5 Å². The Balaban J connectivity index is 1.48. The van der Waals surface area contributed by atoms with Crippen LogP contribution < -0.4 is 14.8 Å². The zero-order valence-electron chi connectivity index (χ0n) is 15.1. The summed E-state index contributed by atoms with van der Waals surface area (Å²) in [4.78, 5) is 22.7. The lowest BCUT2D eigenvalue weighted by molar-refractivity contribution is 0.107. The molecule has 0 aliphatic carbocycles. The molecule has 2 amide bonds. The molecule has 1 N–H and O–H groups in total. The van der Waals surface area contributed by atoms with Crippen molar-refractivity contribution in [3.63, 3.8) is 0 Å². The minimum Gasteiger partial charge on any atom is -0.497 e. The van der Waals surface area contributed by atoms with Gasteiger partial charge in [0.15, 0.2) is 0 Å². The number of aryl methyl sites for hydroxylation is 1. The van der Waals surface area contributed by atoms with Crippen LogP contribution >= 0.6 is 0 Å². The van der Waals surface area contributed by atoms with Crippen LogP contribution in [0.3, 0.4) is 0 Å². The number of nitrogens with zero attached hydrogens (tertiary/aromatic N) is 3. The Labute approximate surface area is 153 Å². The molecule has 7 heteroatoms. The quantitative estimate of drug-likeness (QED) is 0.891. The fraction of sp³-hybridized carbons (Fsp3) is 0.421. The molecule has 1 aromatic heterocycles. The van der Waals surface area contributed by atoms with Gasteiger partial charge in [-0.25, -0.2) is 14.8 Å². The molecule has 7 nitrogen and oxygen atoms in total. The van der Waals surface area contributed by atoms with Gasteiger partial charge < -0.3 is 19.7 Å². The van der Waals surface area contributed by atoms with E-state index < -0.39 is 0 Å². The third kappa shape index (κ3) is 4.62. The molecule has 1 aliphatic rings. The normalized spacial score (nSPS) is 14.8. The number of urea groups is 1. The van der Waals surface area contributed by atoms with Gasteiger partial charge in [0.2, 0.25) is 0 Å². The van der Waals surface area contributed by atoms with Crippen LogP contribution in [-0.4, -0.2) is 47.2 Å². The fourth-order valence-electron chi connectivity index (χ4n) is 2.82. The zero-order valence-corrected chi connectivity index (χ0v) is 15.1. The molecule has 0 unspecified atom stereocenters. The Morgan fingerprint density at radius 2 is 2.00 bits per heavy atom. The Kier molecular flexibility index (Phi) is 5.88. The van der Waals surface area contributed by atoms with E-state index in [1.165, 1.54) is 0 Å². The fourth-order valence-corrected chi connectivity index (χ4v) is 2.82. The van der Waals surface area contributed by atoms with Crippen molar-refractivity contribution >= 4 is 11.7 Å². The number of nitrogens with one attached hydrogen (secondary N) is 1. The zero-order chi connectivity index (χ0) is 18.4. The summed E-state index contributed by atoms with van der Waals surface area (Å²) in [5, 5.41) is 2.91. The maximum atomic E-state index is 12.4. The van der Waals surface area contributed by atoms with Gasteiger partial charge in [0.05, 0.1) is 7.11 Å². The van der Waals surface area contributed by atoms with Crippen molar-refractivity contribution in [1.29, 1.82) is 0 Å². The molecule has 1 aromatic carbocycles. The maximum Gasteiger partial charge on any atom is 0.321 e. The summed E-state index contributed by atoms with van der Waals surface area (Å²) in [5.74, 6) is 0.712. The molecule has 2 heterocycles. The standard InChI is InChI=1S/C19H24N4O3/c1-3-14-12-20-18(21-13-14)26-16-7-9-23(10-8-16)19(24)22-15-5-4-6-17(11-15)25-2/h4-6,11-13,16H,3,7-10H2,1-2H3,(H,22,24). The van der Waals surface area contributed by atoms with Crippen molar-refractivity contribution in [3.8, 4) is 11.8 Å². The topological polar surface area (TPSA) is 76.6 Å². The van der Waals surface area contributed by atoms with Crippen LogP contribution in [0.4, 0.5) is 10.5 Å². The first-order valence-electron chi connectivity index (χ1n) is 8.85. The molecule has 1 saturated heterocycles. The second kappa shape index (κ2) is 8.51. The molecular weight excluding hydrogens is 332 g/mol. The summed E-state index contributed by atoms with van der Waals surface area (Å²) in [6.07, 6.45) is 6.02. The van der Waals surface area contributed by atoms with Crippen LogP contribution in [0.2, 0.25) is 0 Å². The number of methoxy groups -OCH3 is 1. The second-order valence-corrected chi connectivity index (χ2v) is 6.19. The lowest BCUT2D eigenvalue weighted by atomic mass is 10.1. The van der Waals surface area contributed by atoms with Gasteiger partial charge in [-0.3, -0.25) is 0 Å². The summed E-state index contributed by atoms with van der Waals surface area (Å²) in [7, 11) is 1.60. The van der Waals surface area contributed by atoms with E-state index in [9.17, 15) is 4.79 Å². The van der Waals surface area contributed by atoms with Crippen LogP contribution in [-0.2, 0) is 6.42 Å². The second-order valence-electron chi connectivity index (χ2n) is 6.19. The van der Waals surface area contributed by atoms with Gasteiger partial charge >= 0.3 is 12.0 Å².